The molecule has 0 aromatic heterocycles. The van der Waals surface area contributed by atoms with E-state index in [4.69, 9.17) is 9.47 Å². The molecule has 1 saturated heterocycles. The van der Waals surface area contributed by atoms with Crippen molar-refractivity contribution in [3.8, 4) is 0 Å². The second kappa shape index (κ2) is 9.08. The van der Waals surface area contributed by atoms with Crippen molar-refractivity contribution in [2.24, 2.45) is 0 Å². The van der Waals surface area contributed by atoms with Gasteiger partial charge >= 0.3 is 12.0 Å². The predicted octanol–water partition coefficient (Wildman–Crippen LogP) is 2.91. The molecule has 0 radical (unpaired) electrons. The average Bonchev–Trinajstić information content (AvgIpc) is 2.61. The number of esters is 1. The second-order valence-corrected chi connectivity index (χ2v) is 5.48. The quantitative estimate of drug-likeness (QED) is 0.665. The molecule has 1 aliphatic rings. The van der Waals surface area contributed by atoms with E-state index in [1.807, 2.05) is 12.1 Å². The summed E-state index contributed by atoms with van der Waals surface area (Å²) in [5.41, 5.74) is 1.58. The predicted molar refractivity (Wildman–Crippen MR) is 92.7 cm³/mol. The van der Waals surface area contributed by atoms with Crippen LogP contribution in [0.3, 0.4) is 0 Å². The lowest BCUT2D eigenvalue weighted by Crippen LogP contribution is -2.47. The van der Waals surface area contributed by atoms with Crippen molar-refractivity contribution in [1.82, 2.24) is 4.90 Å². The van der Waals surface area contributed by atoms with Gasteiger partial charge in [0.2, 0.25) is 0 Å². The number of amides is 2. The van der Waals surface area contributed by atoms with Crippen LogP contribution in [0.5, 0.6) is 0 Å². The van der Waals surface area contributed by atoms with E-state index in [1.165, 1.54) is 6.08 Å². The summed E-state index contributed by atoms with van der Waals surface area (Å²) in [7, 11) is 0. The minimum absolute atomic E-state index is 0.111. The summed E-state index contributed by atoms with van der Waals surface area (Å²) < 4.78 is 10.4. The molecule has 0 spiro atoms. The first-order valence-corrected chi connectivity index (χ1v) is 8.24. The van der Waals surface area contributed by atoms with Gasteiger partial charge in [-0.05, 0) is 37.1 Å². The van der Waals surface area contributed by atoms with Crippen molar-refractivity contribution in [1.29, 1.82) is 0 Å². The Hall–Kier alpha value is -2.34. The maximum absolute atomic E-state index is 12.3. The molecule has 1 aromatic rings. The highest BCUT2D eigenvalue weighted by atomic mass is 16.5. The van der Waals surface area contributed by atoms with Crippen LogP contribution in [0.4, 0.5) is 10.5 Å². The molecule has 1 aromatic carbocycles. The van der Waals surface area contributed by atoms with E-state index in [9.17, 15) is 9.59 Å². The first-order valence-electron chi connectivity index (χ1n) is 8.24. The Balaban J connectivity index is 1.89. The van der Waals surface area contributed by atoms with E-state index in [-0.39, 0.29) is 18.1 Å². The van der Waals surface area contributed by atoms with Crippen molar-refractivity contribution >= 4 is 23.8 Å². The lowest BCUT2D eigenvalue weighted by molar-refractivity contribution is -0.137. The van der Waals surface area contributed by atoms with Crippen molar-refractivity contribution in [2.45, 2.75) is 26.4 Å². The minimum Gasteiger partial charge on any atom is -0.463 e. The lowest BCUT2D eigenvalue weighted by Gasteiger charge is -2.32. The van der Waals surface area contributed by atoms with Crippen molar-refractivity contribution in [3.63, 3.8) is 0 Å². The molecule has 1 N–H and O–H groups in total. The van der Waals surface area contributed by atoms with Gasteiger partial charge in [-0.15, -0.1) is 0 Å². The Kier molecular flexibility index (Phi) is 6.81. The van der Waals surface area contributed by atoms with Crippen LogP contribution < -0.4 is 5.32 Å². The summed E-state index contributed by atoms with van der Waals surface area (Å²) in [6.45, 7) is 5.96. The average molecular weight is 332 g/mol. The summed E-state index contributed by atoms with van der Waals surface area (Å²) in [4.78, 5) is 25.3. The number of ether oxygens (including phenoxy) is 2. The van der Waals surface area contributed by atoms with Crippen LogP contribution in [-0.4, -0.2) is 49.3 Å². The van der Waals surface area contributed by atoms with E-state index < -0.39 is 0 Å². The summed E-state index contributed by atoms with van der Waals surface area (Å²) in [5.74, 6) is -0.368. The van der Waals surface area contributed by atoms with E-state index >= 15 is 0 Å². The Labute approximate surface area is 142 Å². The van der Waals surface area contributed by atoms with Gasteiger partial charge in [-0.25, -0.2) is 9.59 Å². The molecule has 130 valence electrons. The number of urea groups is 1. The molecule has 1 aliphatic heterocycles. The molecule has 1 atom stereocenters. The zero-order valence-corrected chi connectivity index (χ0v) is 14.2. The Morgan fingerprint density at radius 1 is 1.33 bits per heavy atom. The molecule has 0 saturated carbocycles. The number of hydrogen-bond donors (Lipinski definition) is 1. The van der Waals surface area contributed by atoms with Gasteiger partial charge in [0.25, 0.3) is 0 Å². The number of nitrogens with zero attached hydrogens (tertiary/aromatic N) is 1. The van der Waals surface area contributed by atoms with Crippen molar-refractivity contribution in [2.75, 3.05) is 31.6 Å². The van der Waals surface area contributed by atoms with Gasteiger partial charge < -0.3 is 19.7 Å². The number of rotatable bonds is 5. The van der Waals surface area contributed by atoms with Gasteiger partial charge in [-0.1, -0.05) is 19.1 Å². The largest absolute Gasteiger partial charge is 0.463 e. The van der Waals surface area contributed by atoms with Crippen LogP contribution in [0.2, 0.25) is 0 Å². The third-order valence-electron chi connectivity index (χ3n) is 3.74. The zero-order chi connectivity index (χ0) is 17.4. The Morgan fingerprint density at radius 2 is 2.08 bits per heavy atom. The monoisotopic (exact) mass is 332 g/mol. The van der Waals surface area contributed by atoms with Crippen LogP contribution in [-0.2, 0) is 14.3 Å². The fourth-order valence-corrected chi connectivity index (χ4v) is 2.39. The third kappa shape index (κ3) is 5.38. The van der Waals surface area contributed by atoms with E-state index in [1.54, 1.807) is 30.0 Å². The van der Waals surface area contributed by atoms with Gasteiger partial charge in [-0.3, -0.25) is 0 Å². The molecule has 2 rings (SSSR count). The van der Waals surface area contributed by atoms with Crippen LogP contribution in [0, 0.1) is 0 Å². The molecule has 24 heavy (non-hydrogen) atoms. The smallest absolute Gasteiger partial charge is 0.330 e. The summed E-state index contributed by atoms with van der Waals surface area (Å²) in [5, 5.41) is 2.88. The fourth-order valence-electron chi connectivity index (χ4n) is 2.39. The SMILES string of the molecule is CCOC(=O)/C=C\c1ccc(NC(=O)N2CCO[C@H](CC)C2)cc1. The van der Waals surface area contributed by atoms with Gasteiger partial charge in [0.15, 0.2) is 0 Å². The maximum Gasteiger partial charge on any atom is 0.330 e. The molecule has 6 nitrogen and oxygen atoms in total. The highest BCUT2D eigenvalue weighted by molar-refractivity contribution is 5.90. The number of carbonyl (C=O) groups is 2. The van der Waals surface area contributed by atoms with Gasteiger partial charge in [0, 0.05) is 24.9 Å². The highest BCUT2D eigenvalue weighted by Gasteiger charge is 2.22. The standard InChI is InChI=1S/C18H24N2O4/c1-3-16-13-20(11-12-24-16)18(22)19-15-8-5-14(6-9-15)7-10-17(21)23-4-2/h5-10,16H,3-4,11-13H2,1-2H3,(H,19,22)/b10-7-/t16-/m1/s1. The molecular weight excluding hydrogens is 308 g/mol. The molecular formula is C18H24N2O4. The fraction of sp³-hybridized carbons (Fsp3) is 0.444. The van der Waals surface area contributed by atoms with E-state index in [0.717, 1.165) is 12.0 Å². The van der Waals surface area contributed by atoms with Gasteiger partial charge in [0.05, 0.1) is 19.3 Å². The third-order valence-corrected chi connectivity index (χ3v) is 3.74. The summed E-state index contributed by atoms with van der Waals surface area (Å²) in [6, 6.07) is 7.16. The number of anilines is 1. The molecule has 0 aliphatic carbocycles. The number of nitrogens with one attached hydrogen (secondary N) is 1. The highest BCUT2D eigenvalue weighted by Crippen LogP contribution is 2.14. The van der Waals surface area contributed by atoms with E-state index in [2.05, 4.69) is 12.2 Å². The second-order valence-electron chi connectivity index (χ2n) is 5.48. The van der Waals surface area contributed by atoms with Gasteiger partial charge in [-0.2, -0.15) is 0 Å². The summed E-state index contributed by atoms with van der Waals surface area (Å²) >= 11 is 0. The molecule has 6 heteroatoms. The van der Waals surface area contributed by atoms with Crippen LogP contribution in [0.1, 0.15) is 25.8 Å². The number of carbonyl (C=O) groups excluding carboxylic acids is 2. The molecule has 1 heterocycles. The normalized spacial score (nSPS) is 17.8. The molecule has 1 fully saturated rings. The molecule has 2 amide bonds. The molecule has 0 bridgehead atoms. The van der Waals surface area contributed by atoms with Crippen molar-refractivity contribution in [3.05, 3.63) is 35.9 Å². The van der Waals surface area contributed by atoms with Gasteiger partial charge in [0.1, 0.15) is 0 Å². The first kappa shape index (κ1) is 18.0. The Bertz CT molecular complexity index is 583. The van der Waals surface area contributed by atoms with Crippen LogP contribution in [0.15, 0.2) is 30.3 Å². The Morgan fingerprint density at radius 3 is 2.75 bits per heavy atom. The van der Waals surface area contributed by atoms with Crippen LogP contribution >= 0.6 is 0 Å². The van der Waals surface area contributed by atoms with Crippen LogP contribution in [0.25, 0.3) is 6.08 Å². The zero-order valence-electron chi connectivity index (χ0n) is 14.2. The van der Waals surface area contributed by atoms with E-state index in [0.29, 0.717) is 32.0 Å². The minimum atomic E-state index is -0.368. The van der Waals surface area contributed by atoms with Crippen molar-refractivity contribution < 1.29 is 19.1 Å². The first-order chi connectivity index (χ1) is 11.6. The molecule has 0 unspecified atom stereocenters. The maximum atomic E-state index is 12.3. The lowest BCUT2D eigenvalue weighted by atomic mass is 10.2. The topological polar surface area (TPSA) is 67.9 Å². The summed E-state index contributed by atoms with van der Waals surface area (Å²) in [6.07, 6.45) is 4.07. The number of morpholine rings is 1. The number of hydrogen-bond acceptors (Lipinski definition) is 4. The number of benzene rings is 1.